The summed E-state index contributed by atoms with van der Waals surface area (Å²) in [6, 6.07) is 10.0. The topological polar surface area (TPSA) is 58.2 Å². The van der Waals surface area contributed by atoms with Crippen molar-refractivity contribution in [1.29, 1.82) is 0 Å². The zero-order chi connectivity index (χ0) is 17.0. The lowest BCUT2D eigenvalue weighted by Crippen LogP contribution is -2.29. The lowest BCUT2D eigenvalue weighted by molar-refractivity contribution is -0.137. The number of alkyl halides is 3. The molecule has 0 radical (unpaired) electrons. The minimum absolute atomic E-state index is 0.0670. The van der Waals surface area contributed by atoms with Crippen LogP contribution in [0.2, 0.25) is 5.02 Å². The SMILES string of the molecule is O=C(Nc1ccc(C(F)(F)F)cc1)C(=O)Nc1ccccc1Cl. The van der Waals surface area contributed by atoms with Gasteiger partial charge in [0.25, 0.3) is 0 Å². The van der Waals surface area contributed by atoms with Crippen molar-refractivity contribution in [2.75, 3.05) is 10.6 Å². The molecule has 0 atom stereocenters. The number of hydrogen-bond acceptors (Lipinski definition) is 2. The van der Waals surface area contributed by atoms with Crippen LogP contribution in [0.4, 0.5) is 24.5 Å². The van der Waals surface area contributed by atoms with Crippen LogP contribution in [0.15, 0.2) is 48.5 Å². The molecular weight excluding hydrogens is 333 g/mol. The number of rotatable bonds is 2. The lowest BCUT2D eigenvalue weighted by atomic mass is 10.2. The number of hydrogen-bond donors (Lipinski definition) is 2. The van der Waals surface area contributed by atoms with Gasteiger partial charge in [-0.05, 0) is 36.4 Å². The maximum atomic E-state index is 12.4. The zero-order valence-electron chi connectivity index (χ0n) is 11.4. The van der Waals surface area contributed by atoms with Gasteiger partial charge in [0.15, 0.2) is 0 Å². The van der Waals surface area contributed by atoms with Crippen LogP contribution in [-0.4, -0.2) is 11.8 Å². The number of carbonyl (C=O) groups is 2. The number of amides is 2. The second-order valence-electron chi connectivity index (χ2n) is 4.46. The molecule has 0 fully saturated rings. The molecule has 2 N–H and O–H groups in total. The molecule has 0 saturated heterocycles. The molecule has 0 spiro atoms. The van der Waals surface area contributed by atoms with E-state index >= 15 is 0 Å². The second-order valence-corrected chi connectivity index (χ2v) is 4.87. The molecule has 0 saturated carbocycles. The second kappa shape index (κ2) is 6.70. The highest BCUT2D eigenvalue weighted by atomic mass is 35.5. The Morgan fingerprint density at radius 3 is 2.00 bits per heavy atom. The highest BCUT2D eigenvalue weighted by Crippen LogP contribution is 2.29. The third-order valence-corrected chi connectivity index (χ3v) is 3.13. The molecule has 2 aromatic rings. The maximum Gasteiger partial charge on any atom is 0.416 e. The first kappa shape index (κ1) is 16.8. The number of anilines is 2. The fourth-order valence-electron chi connectivity index (χ4n) is 1.67. The first-order valence-corrected chi connectivity index (χ1v) is 6.69. The summed E-state index contributed by atoms with van der Waals surface area (Å²) in [7, 11) is 0. The van der Waals surface area contributed by atoms with Gasteiger partial charge < -0.3 is 10.6 Å². The molecule has 0 aromatic heterocycles. The van der Waals surface area contributed by atoms with E-state index in [-0.39, 0.29) is 16.4 Å². The summed E-state index contributed by atoms with van der Waals surface area (Å²) in [5.41, 5.74) is -0.532. The summed E-state index contributed by atoms with van der Waals surface area (Å²) in [5, 5.41) is 4.75. The minimum atomic E-state index is -4.47. The number of para-hydroxylation sites is 1. The van der Waals surface area contributed by atoms with Gasteiger partial charge in [-0.3, -0.25) is 9.59 Å². The van der Waals surface area contributed by atoms with E-state index in [9.17, 15) is 22.8 Å². The average molecular weight is 343 g/mol. The molecule has 2 rings (SSSR count). The monoisotopic (exact) mass is 342 g/mol. The van der Waals surface area contributed by atoms with Crippen LogP contribution in [0.1, 0.15) is 5.56 Å². The van der Waals surface area contributed by atoms with Crippen molar-refractivity contribution in [3.8, 4) is 0 Å². The van der Waals surface area contributed by atoms with Crippen molar-refractivity contribution in [2.24, 2.45) is 0 Å². The van der Waals surface area contributed by atoms with Gasteiger partial charge in [0.2, 0.25) is 0 Å². The summed E-state index contributed by atoms with van der Waals surface area (Å²) in [6.45, 7) is 0. The highest BCUT2D eigenvalue weighted by Gasteiger charge is 2.30. The van der Waals surface area contributed by atoms with E-state index in [4.69, 9.17) is 11.6 Å². The molecule has 120 valence electrons. The standard InChI is InChI=1S/C15H10ClF3N2O2/c16-11-3-1-2-4-12(11)21-14(23)13(22)20-10-7-5-9(6-8-10)15(17,18)19/h1-8H,(H,20,22)(H,21,23). The third-order valence-electron chi connectivity index (χ3n) is 2.80. The zero-order valence-corrected chi connectivity index (χ0v) is 12.2. The van der Waals surface area contributed by atoms with Gasteiger partial charge >= 0.3 is 18.0 Å². The Morgan fingerprint density at radius 2 is 1.43 bits per heavy atom. The van der Waals surface area contributed by atoms with Crippen molar-refractivity contribution in [3.05, 3.63) is 59.1 Å². The number of carbonyl (C=O) groups excluding carboxylic acids is 2. The Kier molecular flexibility index (Phi) is 4.90. The van der Waals surface area contributed by atoms with Gasteiger partial charge in [0.05, 0.1) is 16.3 Å². The van der Waals surface area contributed by atoms with Gasteiger partial charge in [-0.15, -0.1) is 0 Å². The third kappa shape index (κ3) is 4.46. The van der Waals surface area contributed by atoms with E-state index in [0.717, 1.165) is 24.3 Å². The predicted octanol–water partition coefficient (Wildman–Crippen LogP) is 3.94. The number of halogens is 4. The first-order valence-electron chi connectivity index (χ1n) is 6.31. The van der Waals surface area contributed by atoms with Gasteiger partial charge in [-0.1, -0.05) is 23.7 Å². The van der Waals surface area contributed by atoms with E-state index in [0.29, 0.717) is 0 Å². The van der Waals surface area contributed by atoms with Crippen LogP contribution in [0.5, 0.6) is 0 Å². The summed E-state index contributed by atoms with van der Waals surface area (Å²) in [5.74, 6) is -2.01. The molecule has 8 heteroatoms. The summed E-state index contributed by atoms with van der Waals surface area (Å²) in [6.07, 6.45) is -4.47. The molecule has 23 heavy (non-hydrogen) atoms. The number of nitrogens with one attached hydrogen (secondary N) is 2. The molecule has 0 unspecified atom stereocenters. The molecule has 0 aliphatic carbocycles. The molecule has 0 aliphatic rings. The Labute approximate surface area is 134 Å². The maximum absolute atomic E-state index is 12.4. The molecule has 0 bridgehead atoms. The van der Waals surface area contributed by atoms with E-state index in [1.165, 1.54) is 12.1 Å². The Balaban J connectivity index is 2.01. The molecular formula is C15H10ClF3N2O2. The van der Waals surface area contributed by atoms with Gasteiger partial charge in [-0.25, -0.2) is 0 Å². The van der Waals surface area contributed by atoms with Crippen LogP contribution >= 0.6 is 11.6 Å². The Morgan fingerprint density at radius 1 is 0.870 bits per heavy atom. The van der Waals surface area contributed by atoms with Crippen molar-refractivity contribution in [3.63, 3.8) is 0 Å². The molecule has 2 aromatic carbocycles. The van der Waals surface area contributed by atoms with Crippen LogP contribution in [0, 0.1) is 0 Å². The largest absolute Gasteiger partial charge is 0.416 e. The highest BCUT2D eigenvalue weighted by molar-refractivity contribution is 6.44. The van der Waals surface area contributed by atoms with E-state index in [1.54, 1.807) is 12.1 Å². The normalized spacial score (nSPS) is 11.0. The van der Waals surface area contributed by atoms with Gasteiger partial charge in [0, 0.05) is 5.69 Å². The fourth-order valence-corrected chi connectivity index (χ4v) is 1.86. The molecule has 2 amide bonds. The van der Waals surface area contributed by atoms with E-state index < -0.39 is 23.6 Å². The predicted molar refractivity (Wildman–Crippen MR) is 80.2 cm³/mol. The molecule has 0 heterocycles. The van der Waals surface area contributed by atoms with Gasteiger partial charge in [0.1, 0.15) is 0 Å². The van der Waals surface area contributed by atoms with Crippen molar-refractivity contribution in [1.82, 2.24) is 0 Å². The summed E-state index contributed by atoms with van der Waals surface area (Å²) in [4.78, 5) is 23.5. The van der Waals surface area contributed by atoms with Gasteiger partial charge in [-0.2, -0.15) is 13.2 Å². The number of benzene rings is 2. The van der Waals surface area contributed by atoms with Crippen LogP contribution in [0.3, 0.4) is 0 Å². The quantitative estimate of drug-likeness (QED) is 0.812. The smallest absolute Gasteiger partial charge is 0.318 e. The van der Waals surface area contributed by atoms with E-state index in [1.807, 2.05) is 0 Å². The Bertz CT molecular complexity index is 730. The fraction of sp³-hybridized carbons (Fsp3) is 0.0667. The van der Waals surface area contributed by atoms with Crippen molar-refractivity contribution in [2.45, 2.75) is 6.18 Å². The molecule has 0 aliphatic heterocycles. The Hall–Kier alpha value is -2.54. The van der Waals surface area contributed by atoms with Crippen molar-refractivity contribution >= 4 is 34.8 Å². The van der Waals surface area contributed by atoms with Crippen LogP contribution in [0.25, 0.3) is 0 Å². The van der Waals surface area contributed by atoms with Crippen LogP contribution < -0.4 is 10.6 Å². The molecule has 4 nitrogen and oxygen atoms in total. The lowest BCUT2D eigenvalue weighted by Gasteiger charge is -2.09. The minimum Gasteiger partial charge on any atom is -0.318 e. The average Bonchev–Trinajstić information content (AvgIpc) is 2.49. The van der Waals surface area contributed by atoms with E-state index in [2.05, 4.69) is 10.6 Å². The summed E-state index contributed by atoms with van der Waals surface area (Å²) >= 11 is 5.84. The van der Waals surface area contributed by atoms with Crippen LogP contribution in [-0.2, 0) is 15.8 Å². The summed E-state index contributed by atoms with van der Waals surface area (Å²) < 4.78 is 37.3. The van der Waals surface area contributed by atoms with Crippen molar-refractivity contribution < 1.29 is 22.8 Å². The first-order chi connectivity index (χ1) is 10.8.